The number of allylic oxidation sites excluding steroid dienone is 8. The van der Waals surface area contributed by atoms with Crippen molar-refractivity contribution in [2.24, 2.45) is 0 Å². The molecule has 0 saturated heterocycles. The van der Waals surface area contributed by atoms with E-state index in [0.717, 1.165) is 5.57 Å². The molecule has 2 aliphatic heterocycles. The standard InChI is InChI=1S/C42H53ClN2O15S4/c1-41(20-7-25-61(49,50)51)33-27-31(63(55,56)57)14-16-35(33)44(22-5-3-4-11-39(47)48)37(41)18-12-29-9-6-10-30(40(29)43)13-19-38-42(2,21-8-26-62(52,53)54)34-28-32(64(58,59)60)15-17-36(34)45(38)23-24-46/h12-19,27-28,46H,3-11,20-26H2,1-2H3,(H4-,47,48,49,50,51,52,53,54,55,56,57,58,59,60)/p+1. The number of β-amino-alcohol motifs (C(OH)–C–C–N with tert-alkyl or cyclic N) is 1. The molecule has 1 aliphatic carbocycles. The predicted octanol–water partition coefficient (Wildman–Crippen LogP) is 6.33. The summed E-state index contributed by atoms with van der Waals surface area (Å²) in [7, 11) is -18.0. The number of carbonyl (C=O) groups is 1. The predicted molar refractivity (Wildman–Crippen MR) is 241 cm³/mol. The molecule has 2 aromatic carbocycles. The average Bonchev–Trinajstić information content (AvgIpc) is 3.54. The molecular weight excluding hydrogens is 936 g/mol. The minimum Gasteiger partial charge on any atom is -0.481 e. The van der Waals surface area contributed by atoms with E-state index in [0.29, 0.717) is 89.6 Å². The van der Waals surface area contributed by atoms with E-state index in [9.17, 15) is 61.8 Å². The number of rotatable bonds is 21. The Morgan fingerprint density at radius 1 is 0.766 bits per heavy atom. The Morgan fingerprint density at radius 2 is 1.36 bits per heavy atom. The van der Waals surface area contributed by atoms with E-state index < -0.39 is 68.8 Å². The number of aliphatic carboxylic acids is 1. The first-order valence-corrected chi connectivity index (χ1v) is 27.1. The number of hydrogen-bond acceptors (Lipinski definition) is 11. The molecule has 6 N–H and O–H groups in total. The van der Waals surface area contributed by atoms with Crippen LogP contribution in [0.25, 0.3) is 0 Å². The highest BCUT2D eigenvalue weighted by Gasteiger charge is 2.48. The van der Waals surface area contributed by atoms with Crippen molar-refractivity contribution in [3.05, 3.63) is 93.7 Å². The molecule has 3 aliphatic rings. The number of aliphatic hydroxyl groups is 1. The molecule has 0 radical (unpaired) electrons. The van der Waals surface area contributed by atoms with E-state index in [2.05, 4.69) is 0 Å². The SMILES string of the molecule is CC1(CCCS(=O)(=O)O)C(/C=C/C2=C(Cl)C(=C/C=C3/N(CCO)c4ccc(S(=O)(=O)O)cc4C3(C)CCCS(=O)(=O)O)/CCC2)=[N+](CCCCCC(=O)O)c2ccc(S(=O)(=O)O)cc21. The Balaban J connectivity index is 1.61. The van der Waals surface area contributed by atoms with Crippen LogP contribution in [0.3, 0.4) is 0 Å². The van der Waals surface area contributed by atoms with E-state index in [4.69, 9.17) is 16.7 Å². The van der Waals surface area contributed by atoms with Gasteiger partial charge in [-0.3, -0.25) is 23.0 Å². The molecule has 2 unspecified atom stereocenters. The van der Waals surface area contributed by atoms with Crippen LogP contribution in [-0.2, 0) is 56.1 Å². The van der Waals surface area contributed by atoms with Gasteiger partial charge in [0.2, 0.25) is 5.69 Å². The zero-order chi connectivity index (χ0) is 47.5. The maximum absolute atomic E-state index is 12.3. The van der Waals surface area contributed by atoms with Crippen molar-refractivity contribution < 1.29 is 71.5 Å². The van der Waals surface area contributed by atoms with Gasteiger partial charge in [-0.15, -0.1) is 0 Å². The third-order valence-corrected chi connectivity index (χ3v) is 15.9. The fraction of sp³-hybridized carbons (Fsp3) is 0.476. The van der Waals surface area contributed by atoms with Crippen molar-refractivity contribution in [3.63, 3.8) is 0 Å². The number of anilines is 1. The van der Waals surface area contributed by atoms with Crippen LogP contribution >= 0.6 is 11.6 Å². The zero-order valence-electron chi connectivity index (χ0n) is 35.4. The van der Waals surface area contributed by atoms with Gasteiger partial charge in [-0.05, 0) is 125 Å². The topological polar surface area (TPSA) is 281 Å². The third kappa shape index (κ3) is 12.2. The Labute approximate surface area is 379 Å². The zero-order valence-corrected chi connectivity index (χ0v) is 39.4. The lowest BCUT2D eigenvalue weighted by Gasteiger charge is -2.30. The normalized spacial score (nSPS) is 22.0. The highest BCUT2D eigenvalue weighted by Crippen LogP contribution is 2.51. The minimum atomic E-state index is -4.65. The number of unbranched alkanes of at least 4 members (excludes halogenated alkanes) is 2. The first-order chi connectivity index (χ1) is 29.7. The number of hydrogen-bond donors (Lipinski definition) is 6. The second-order valence-electron chi connectivity index (χ2n) is 16.6. The molecule has 0 saturated carbocycles. The Kier molecular flexibility index (Phi) is 16.0. The van der Waals surface area contributed by atoms with Crippen LogP contribution in [0.1, 0.15) is 95.6 Å². The molecule has 0 fully saturated rings. The molecule has 5 rings (SSSR count). The quantitative estimate of drug-likeness (QED) is 0.0453. The van der Waals surface area contributed by atoms with Gasteiger partial charge < -0.3 is 15.1 Å². The summed E-state index contributed by atoms with van der Waals surface area (Å²) < 4.78 is 137. The summed E-state index contributed by atoms with van der Waals surface area (Å²) in [6.07, 6.45) is 10.7. The van der Waals surface area contributed by atoms with Crippen LogP contribution in [0.2, 0.25) is 0 Å². The second-order valence-corrected chi connectivity index (χ2v) is 23.0. The van der Waals surface area contributed by atoms with Crippen LogP contribution in [0.15, 0.2) is 92.4 Å². The second kappa shape index (κ2) is 20.0. The number of aliphatic hydroxyl groups excluding tert-OH is 1. The molecule has 2 heterocycles. The van der Waals surface area contributed by atoms with Crippen molar-refractivity contribution >= 4 is 75.1 Å². The third-order valence-electron chi connectivity index (χ3n) is 12.1. The Bertz CT molecular complexity index is 2780. The molecule has 352 valence electrons. The lowest BCUT2D eigenvalue weighted by atomic mass is 9.75. The number of benzene rings is 2. The van der Waals surface area contributed by atoms with Gasteiger partial charge in [-0.2, -0.15) is 38.2 Å². The van der Waals surface area contributed by atoms with E-state index in [-0.39, 0.29) is 55.0 Å². The van der Waals surface area contributed by atoms with Crippen LogP contribution < -0.4 is 4.90 Å². The molecular formula is C42H54ClN2O15S4+. The van der Waals surface area contributed by atoms with Crippen molar-refractivity contribution in [1.29, 1.82) is 0 Å². The monoisotopic (exact) mass is 989 g/mol. The Morgan fingerprint density at radius 3 is 1.94 bits per heavy atom. The van der Waals surface area contributed by atoms with E-state index >= 15 is 0 Å². The molecule has 17 nitrogen and oxygen atoms in total. The van der Waals surface area contributed by atoms with Gasteiger partial charge in [0, 0.05) is 58.9 Å². The highest BCUT2D eigenvalue weighted by molar-refractivity contribution is 7.86. The van der Waals surface area contributed by atoms with Crippen molar-refractivity contribution in [2.75, 3.05) is 36.1 Å². The number of nitrogens with zero attached hydrogens (tertiary/aromatic N) is 2. The van der Waals surface area contributed by atoms with Crippen molar-refractivity contribution in [2.45, 2.75) is 105 Å². The van der Waals surface area contributed by atoms with Gasteiger partial charge in [0.1, 0.15) is 6.54 Å². The lowest BCUT2D eigenvalue weighted by Crippen LogP contribution is -2.32. The molecule has 0 bridgehead atoms. The molecule has 2 atom stereocenters. The number of fused-ring (bicyclic) bond motifs is 2. The summed E-state index contributed by atoms with van der Waals surface area (Å²) in [5.41, 5.74) is 2.60. The molecule has 0 amide bonds. The largest absolute Gasteiger partial charge is 0.481 e. The van der Waals surface area contributed by atoms with Crippen LogP contribution in [-0.4, -0.2) is 110 Å². The van der Waals surface area contributed by atoms with E-state index in [1.54, 1.807) is 30.0 Å². The fourth-order valence-corrected chi connectivity index (χ4v) is 11.3. The van der Waals surface area contributed by atoms with Crippen molar-refractivity contribution in [1.82, 2.24) is 0 Å². The first-order valence-electron chi connectivity index (χ1n) is 20.6. The fourth-order valence-electron chi connectivity index (χ4n) is 9.00. The van der Waals surface area contributed by atoms with Gasteiger partial charge in [-0.25, -0.2) is 0 Å². The summed E-state index contributed by atoms with van der Waals surface area (Å²) in [6.45, 7) is 3.73. The minimum absolute atomic E-state index is 0.0112. The maximum Gasteiger partial charge on any atom is 0.303 e. The molecule has 0 spiro atoms. The van der Waals surface area contributed by atoms with Crippen molar-refractivity contribution in [3.8, 4) is 0 Å². The van der Waals surface area contributed by atoms with E-state index in [1.165, 1.54) is 30.3 Å². The summed E-state index contributed by atoms with van der Waals surface area (Å²) in [5, 5.41) is 19.7. The summed E-state index contributed by atoms with van der Waals surface area (Å²) in [4.78, 5) is 12.2. The highest BCUT2D eigenvalue weighted by atomic mass is 35.5. The molecule has 22 heteroatoms. The molecule has 2 aromatic rings. The summed E-state index contributed by atoms with van der Waals surface area (Å²) in [5.74, 6) is -2.06. The van der Waals surface area contributed by atoms with Gasteiger partial charge in [0.15, 0.2) is 5.71 Å². The van der Waals surface area contributed by atoms with E-state index in [1.807, 2.05) is 23.7 Å². The molecule has 64 heavy (non-hydrogen) atoms. The summed E-state index contributed by atoms with van der Waals surface area (Å²) >= 11 is 7.16. The maximum atomic E-state index is 12.3. The van der Waals surface area contributed by atoms with Crippen LogP contribution in [0, 0.1) is 0 Å². The smallest absolute Gasteiger partial charge is 0.303 e. The average molecular weight is 991 g/mol. The number of carboxylic acids is 1. The number of carboxylic acid groups (broad SMARTS) is 1. The van der Waals surface area contributed by atoms with Crippen LogP contribution in [0.4, 0.5) is 11.4 Å². The van der Waals surface area contributed by atoms with Crippen LogP contribution in [0.5, 0.6) is 0 Å². The first kappa shape index (κ1) is 51.2. The lowest BCUT2D eigenvalue weighted by molar-refractivity contribution is -0.438. The number of halogens is 1. The van der Waals surface area contributed by atoms with Gasteiger partial charge in [-0.1, -0.05) is 23.8 Å². The van der Waals surface area contributed by atoms with Gasteiger partial charge in [0.25, 0.3) is 40.5 Å². The van der Waals surface area contributed by atoms with Gasteiger partial charge in [0.05, 0.1) is 33.3 Å². The molecule has 0 aromatic heterocycles. The summed E-state index contributed by atoms with van der Waals surface area (Å²) in [6, 6.07) is 8.20. The van der Waals surface area contributed by atoms with Gasteiger partial charge >= 0.3 is 5.97 Å². The Hall–Kier alpha value is -3.77.